The summed E-state index contributed by atoms with van der Waals surface area (Å²) in [6, 6.07) is 0. The molecule has 0 spiro atoms. The first-order chi connectivity index (χ1) is 12.7. The van der Waals surface area contributed by atoms with E-state index in [4.69, 9.17) is 9.47 Å². The van der Waals surface area contributed by atoms with E-state index in [0.29, 0.717) is 6.61 Å². The Balaban J connectivity index is 1.85. The Morgan fingerprint density at radius 2 is 1.46 bits per heavy atom. The molecule has 1 fully saturated rings. The molecule has 0 radical (unpaired) electrons. The standard InChI is InChI=1S/C21H40O5/c1-2-3-4-5-6-7-8-9-10-11-12-13-14-15-25-17-19-21(24)20(23)18(22)16-26-19/h8-9,18-24H,2-7,10-17H2,1H3/b9-8+/t18-,19+,20+,21+/m0/s1. The summed E-state index contributed by atoms with van der Waals surface area (Å²) in [7, 11) is 0. The van der Waals surface area contributed by atoms with Gasteiger partial charge in [0.2, 0.25) is 0 Å². The summed E-state index contributed by atoms with van der Waals surface area (Å²) in [6.45, 7) is 3.18. The van der Waals surface area contributed by atoms with Gasteiger partial charge >= 0.3 is 0 Å². The molecule has 5 heteroatoms. The first kappa shape index (κ1) is 23.6. The van der Waals surface area contributed by atoms with Crippen molar-refractivity contribution in [3.63, 3.8) is 0 Å². The van der Waals surface area contributed by atoms with E-state index in [2.05, 4.69) is 19.1 Å². The number of ether oxygens (including phenoxy) is 2. The lowest BCUT2D eigenvalue weighted by molar-refractivity contribution is -0.199. The number of allylic oxidation sites excluding steroid dienone is 2. The fourth-order valence-electron chi connectivity index (χ4n) is 3.13. The Labute approximate surface area is 159 Å². The second kappa shape index (κ2) is 15.6. The van der Waals surface area contributed by atoms with Crippen molar-refractivity contribution in [2.24, 2.45) is 0 Å². The first-order valence-corrected chi connectivity index (χ1v) is 10.5. The molecule has 0 saturated carbocycles. The van der Waals surface area contributed by atoms with Gasteiger partial charge < -0.3 is 24.8 Å². The SMILES string of the molecule is CCCCCCC/C=C/CCCCCCOC[C@H]1OC[C@H](O)[C@@H](O)[C@@H]1O. The van der Waals surface area contributed by atoms with Gasteiger partial charge in [0, 0.05) is 6.61 Å². The third-order valence-corrected chi connectivity index (χ3v) is 4.94. The monoisotopic (exact) mass is 372 g/mol. The predicted molar refractivity (Wildman–Crippen MR) is 104 cm³/mol. The molecule has 5 nitrogen and oxygen atoms in total. The Morgan fingerprint density at radius 3 is 2.12 bits per heavy atom. The number of hydrogen-bond donors (Lipinski definition) is 3. The van der Waals surface area contributed by atoms with Crippen LogP contribution in [0, 0.1) is 0 Å². The van der Waals surface area contributed by atoms with E-state index < -0.39 is 24.4 Å². The van der Waals surface area contributed by atoms with Gasteiger partial charge in [-0.15, -0.1) is 0 Å². The zero-order chi connectivity index (χ0) is 19.0. The maximum absolute atomic E-state index is 9.80. The zero-order valence-electron chi connectivity index (χ0n) is 16.5. The highest BCUT2D eigenvalue weighted by atomic mass is 16.6. The van der Waals surface area contributed by atoms with Gasteiger partial charge in [0.1, 0.15) is 24.4 Å². The fraction of sp³-hybridized carbons (Fsp3) is 0.905. The van der Waals surface area contributed by atoms with Gasteiger partial charge in [0.05, 0.1) is 13.2 Å². The molecule has 4 atom stereocenters. The molecule has 0 unspecified atom stereocenters. The molecule has 26 heavy (non-hydrogen) atoms. The molecular formula is C21H40O5. The minimum Gasteiger partial charge on any atom is -0.388 e. The molecule has 1 aliphatic rings. The van der Waals surface area contributed by atoms with Gasteiger partial charge in [-0.25, -0.2) is 0 Å². The van der Waals surface area contributed by atoms with Crippen LogP contribution in [-0.2, 0) is 9.47 Å². The summed E-state index contributed by atoms with van der Waals surface area (Å²) in [5, 5.41) is 28.8. The molecule has 1 heterocycles. The van der Waals surface area contributed by atoms with Crippen LogP contribution in [0.5, 0.6) is 0 Å². The van der Waals surface area contributed by atoms with Crippen LogP contribution in [0.4, 0.5) is 0 Å². The topological polar surface area (TPSA) is 79.2 Å². The van der Waals surface area contributed by atoms with Crippen molar-refractivity contribution in [2.45, 2.75) is 102 Å². The van der Waals surface area contributed by atoms with Gasteiger partial charge in [0.15, 0.2) is 0 Å². The summed E-state index contributed by atoms with van der Waals surface area (Å²) in [5.41, 5.74) is 0. The van der Waals surface area contributed by atoms with E-state index in [1.807, 2.05) is 0 Å². The number of unbranched alkanes of at least 4 members (excludes halogenated alkanes) is 9. The average molecular weight is 373 g/mol. The molecule has 154 valence electrons. The Morgan fingerprint density at radius 1 is 0.846 bits per heavy atom. The normalized spacial score (nSPS) is 26.6. The van der Waals surface area contributed by atoms with Crippen molar-refractivity contribution in [3.05, 3.63) is 12.2 Å². The van der Waals surface area contributed by atoms with E-state index in [1.54, 1.807) is 0 Å². The average Bonchev–Trinajstić information content (AvgIpc) is 2.64. The number of rotatable bonds is 15. The van der Waals surface area contributed by atoms with E-state index in [1.165, 1.54) is 51.4 Å². The van der Waals surface area contributed by atoms with E-state index >= 15 is 0 Å². The number of aliphatic hydroxyl groups is 3. The van der Waals surface area contributed by atoms with Gasteiger partial charge in [-0.1, -0.05) is 57.6 Å². The maximum Gasteiger partial charge on any atom is 0.111 e. The van der Waals surface area contributed by atoms with Crippen LogP contribution in [0.1, 0.15) is 77.6 Å². The lowest BCUT2D eigenvalue weighted by Crippen LogP contribution is -2.54. The first-order valence-electron chi connectivity index (χ1n) is 10.5. The Bertz CT molecular complexity index is 347. The van der Waals surface area contributed by atoms with Crippen LogP contribution in [0.15, 0.2) is 12.2 Å². The van der Waals surface area contributed by atoms with Crippen LogP contribution < -0.4 is 0 Å². The van der Waals surface area contributed by atoms with Crippen LogP contribution in [0.25, 0.3) is 0 Å². The minimum absolute atomic E-state index is 0.0402. The molecule has 1 saturated heterocycles. The molecule has 0 aromatic heterocycles. The minimum atomic E-state index is -1.15. The number of aliphatic hydroxyl groups excluding tert-OH is 3. The third kappa shape index (κ3) is 10.6. The van der Waals surface area contributed by atoms with Gasteiger partial charge in [-0.3, -0.25) is 0 Å². The van der Waals surface area contributed by atoms with Crippen LogP contribution in [0.2, 0.25) is 0 Å². The van der Waals surface area contributed by atoms with Crippen molar-refractivity contribution in [2.75, 3.05) is 19.8 Å². The predicted octanol–water partition coefficient (Wildman–Crippen LogP) is 3.35. The number of hydrogen-bond acceptors (Lipinski definition) is 5. The van der Waals surface area contributed by atoms with Crippen molar-refractivity contribution in [1.82, 2.24) is 0 Å². The van der Waals surface area contributed by atoms with Crippen LogP contribution >= 0.6 is 0 Å². The Hall–Kier alpha value is -0.460. The highest BCUT2D eigenvalue weighted by Gasteiger charge is 2.37. The van der Waals surface area contributed by atoms with Gasteiger partial charge in [-0.05, 0) is 32.1 Å². The van der Waals surface area contributed by atoms with E-state index in [9.17, 15) is 15.3 Å². The van der Waals surface area contributed by atoms with Gasteiger partial charge in [0.25, 0.3) is 0 Å². The molecule has 0 amide bonds. The molecule has 0 bridgehead atoms. The van der Waals surface area contributed by atoms with Crippen molar-refractivity contribution in [1.29, 1.82) is 0 Å². The third-order valence-electron chi connectivity index (χ3n) is 4.94. The smallest absolute Gasteiger partial charge is 0.111 e. The Kier molecular flexibility index (Phi) is 14.1. The fourth-order valence-corrected chi connectivity index (χ4v) is 3.13. The largest absolute Gasteiger partial charge is 0.388 e. The lowest BCUT2D eigenvalue weighted by Gasteiger charge is -2.35. The van der Waals surface area contributed by atoms with Crippen molar-refractivity contribution in [3.8, 4) is 0 Å². The zero-order valence-corrected chi connectivity index (χ0v) is 16.5. The molecule has 0 aromatic carbocycles. The van der Waals surface area contributed by atoms with Crippen molar-refractivity contribution < 1.29 is 24.8 Å². The van der Waals surface area contributed by atoms with Crippen molar-refractivity contribution >= 4 is 0 Å². The second-order valence-electron chi connectivity index (χ2n) is 7.37. The molecule has 3 N–H and O–H groups in total. The summed E-state index contributed by atoms with van der Waals surface area (Å²) < 4.78 is 10.8. The quantitative estimate of drug-likeness (QED) is 0.303. The second-order valence-corrected chi connectivity index (χ2v) is 7.37. The van der Waals surface area contributed by atoms with E-state index in [0.717, 1.165) is 19.3 Å². The molecule has 0 aromatic rings. The highest BCUT2D eigenvalue weighted by Crippen LogP contribution is 2.16. The molecule has 0 aliphatic carbocycles. The molecule has 1 aliphatic heterocycles. The maximum atomic E-state index is 9.80. The summed E-state index contributed by atoms with van der Waals surface area (Å²) in [5.74, 6) is 0. The van der Waals surface area contributed by atoms with Crippen LogP contribution in [-0.4, -0.2) is 59.6 Å². The highest BCUT2D eigenvalue weighted by molar-refractivity contribution is 4.86. The lowest BCUT2D eigenvalue weighted by atomic mass is 10.0. The molecular weight excluding hydrogens is 332 g/mol. The summed E-state index contributed by atoms with van der Waals surface area (Å²) in [6.07, 6.45) is 14.5. The summed E-state index contributed by atoms with van der Waals surface area (Å²) in [4.78, 5) is 0. The molecule has 1 rings (SSSR count). The van der Waals surface area contributed by atoms with Crippen LogP contribution in [0.3, 0.4) is 0 Å². The van der Waals surface area contributed by atoms with E-state index in [-0.39, 0.29) is 13.2 Å². The summed E-state index contributed by atoms with van der Waals surface area (Å²) >= 11 is 0. The van der Waals surface area contributed by atoms with Gasteiger partial charge in [-0.2, -0.15) is 0 Å².